The number of nitrogens with zero attached hydrogens (tertiary/aromatic N) is 1. The number of hydrogen-bond acceptors (Lipinski definition) is 1. The second-order valence-electron chi connectivity index (χ2n) is 3.88. The van der Waals surface area contributed by atoms with Crippen molar-refractivity contribution in [3.8, 4) is 6.07 Å². The van der Waals surface area contributed by atoms with Crippen LogP contribution in [0.2, 0.25) is 0 Å². The molecule has 2 unspecified atom stereocenters. The maximum absolute atomic E-state index is 9.43. The molecule has 0 amide bonds. The fourth-order valence-corrected chi connectivity index (χ4v) is 2.02. The van der Waals surface area contributed by atoms with Gasteiger partial charge in [0.15, 0.2) is 0 Å². The van der Waals surface area contributed by atoms with Crippen LogP contribution in [-0.2, 0) is 5.41 Å². The van der Waals surface area contributed by atoms with Crippen molar-refractivity contribution in [2.45, 2.75) is 12.3 Å². The van der Waals surface area contributed by atoms with Crippen LogP contribution in [0.5, 0.6) is 0 Å². The highest BCUT2D eigenvalue weighted by Crippen LogP contribution is 2.36. The van der Waals surface area contributed by atoms with E-state index in [0.29, 0.717) is 0 Å². The second kappa shape index (κ2) is 3.74. The largest absolute Gasteiger partial charge is 0.197 e. The summed E-state index contributed by atoms with van der Waals surface area (Å²) in [7, 11) is 0. The molecule has 0 heterocycles. The molecule has 0 bridgehead atoms. The van der Waals surface area contributed by atoms with Gasteiger partial charge < -0.3 is 0 Å². The topological polar surface area (TPSA) is 23.8 Å². The third-order valence-electron chi connectivity index (χ3n) is 3.02. The summed E-state index contributed by atoms with van der Waals surface area (Å²) in [5, 5.41) is 9.43. The van der Waals surface area contributed by atoms with E-state index >= 15 is 0 Å². The molecule has 2 rings (SSSR count). The summed E-state index contributed by atoms with van der Waals surface area (Å²) >= 11 is 0. The van der Waals surface area contributed by atoms with E-state index < -0.39 is 5.41 Å². The summed E-state index contributed by atoms with van der Waals surface area (Å²) in [6, 6.07) is 12.4. The highest BCUT2D eigenvalue weighted by molar-refractivity contribution is 5.43. The Hall–Kier alpha value is -1.81. The standard InChI is InChI=1S/C14H13N/c1-12-7-5-6-10-14(12,11-15)13-8-3-2-4-9-13/h2-10,12H,1H3. The van der Waals surface area contributed by atoms with Gasteiger partial charge in [-0.2, -0.15) is 5.26 Å². The number of benzene rings is 1. The summed E-state index contributed by atoms with van der Waals surface area (Å²) in [5.74, 6) is 0.217. The van der Waals surface area contributed by atoms with Crippen molar-refractivity contribution >= 4 is 0 Å². The Morgan fingerprint density at radius 2 is 1.93 bits per heavy atom. The summed E-state index contributed by atoms with van der Waals surface area (Å²) in [5.41, 5.74) is 0.580. The van der Waals surface area contributed by atoms with E-state index in [-0.39, 0.29) is 5.92 Å². The summed E-state index contributed by atoms with van der Waals surface area (Å²) in [6.07, 6.45) is 8.03. The van der Waals surface area contributed by atoms with Crippen molar-refractivity contribution in [3.05, 3.63) is 60.2 Å². The quantitative estimate of drug-likeness (QED) is 0.675. The lowest BCUT2D eigenvalue weighted by atomic mass is 9.70. The Morgan fingerprint density at radius 1 is 1.20 bits per heavy atom. The lowest BCUT2D eigenvalue weighted by Gasteiger charge is -2.30. The fraction of sp³-hybridized carbons (Fsp3) is 0.214. The molecule has 2 atom stereocenters. The molecule has 0 spiro atoms. The van der Waals surface area contributed by atoms with Crippen molar-refractivity contribution in [3.63, 3.8) is 0 Å². The molecule has 1 aromatic carbocycles. The molecule has 1 nitrogen and oxygen atoms in total. The van der Waals surface area contributed by atoms with E-state index in [1.54, 1.807) is 0 Å². The Morgan fingerprint density at radius 3 is 2.53 bits per heavy atom. The van der Waals surface area contributed by atoms with E-state index in [4.69, 9.17) is 0 Å². The minimum atomic E-state index is -0.490. The van der Waals surface area contributed by atoms with E-state index in [9.17, 15) is 5.26 Å². The zero-order chi connectivity index (χ0) is 10.7. The van der Waals surface area contributed by atoms with Gasteiger partial charge in [0.1, 0.15) is 5.41 Å². The van der Waals surface area contributed by atoms with Crippen LogP contribution in [0.15, 0.2) is 54.6 Å². The van der Waals surface area contributed by atoms with Crippen LogP contribution in [0.3, 0.4) is 0 Å². The summed E-state index contributed by atoms with van der Waals surface area (Å²) < 4.78 is 0. The molecule has 1 aliphatic rings. The monoisotopic (exact) mass is 195 g/mol. The van der Waals surface area contributed by atoms with Gasteiger partial charge in [0.2, 0.25) is 0 Å². The SMILES string of the molecule is CC1C=CC=CC1(C#N)c1ccccc1. The minimum absolute atomic E-state index is 0.217. The van der Waals surface area contributed by atoms with Crippen LogP contribution in [0.1, 0.15) is 12.5 Å². The number of nitriles is 1. The molecule has 74 valence electrons. The summed E-state index contributed by atoms with van der Waals surface area (Å²) in [4.78, 5) is 0. The first kappa shape index (κ1) is 9.73. The zero-order valence-corrected chi connectivity index (χ0v) is 8.72. The first-order valence-electron chi connectivity index (χ1n) is 5.12. The van der Waals surface area contributed by atoms with Crippen LogP contribution in [0.4, 0.5) is 0 Å². The Bertz CT molecular complexity index is 436. The fourth-order valence-electron chi connectivity index (χ4n) is 2.02. The molecule has 0 N–H and O–H groups in total. The molecular weight excluding hydrogens is 182 g/mol. The van der Waals surface area contributed by atoms with Gasteiger partial charge >= 0.3 is 0 Å². The Kier molecular flexibility index (Phi) is 2.43. The van der Waals surface area contributed by atoms with Crippen LogP contribution in [0.25, 0.3) is 0 Å². The van der Waals surface area contributed by atoms with E-state index in [1.165, 1.54) is 0 Å². The van der Waals surface area contributed by atoms with Gasteiger partial charge in [-0.25, -0.2) is 0 Å². The third kappa shape index (κ3) is 1.49. The second-order valence-corrected chi connectivity index (χ2v) is 3.88. The van der Waals surface area contributed by atoms with Crippen LogP contribution in [-0.4, -0.2) is 0 Å². The molecule has 1 aromatic rings. The van der Waals surface area contributed by atoms with Gasteiger partial charge in [-0.15, -0.1) is 0 Å². The predicted octanol–water partition coefficient (Wildman–Crippen LogP) is 3.21. The van der Waals surface area contributed by atoms with Crippen LogP contribution >= 0.6 is 0 Å². The lowest BCUT2D eigenvalue weighted by Crippen LogP contribution is -2.30. The number of allylic oxidation sites excluding steroid dienone is 4. The highest BCUT2D eigenvalue weighted by Gasteiger charge is 2.35. The average molecular weight is 195 g/mol. The zero-order valence-electron chi connectivity index (χ0n) is 8.72. The first-order valence-corrected chi connectivity index (χ1v) is 5.12. The molecule has 1 heteroatoms. The van der Waals surface area contributed by atoms with Crippen molar-refractivity contribution in [1.29, 1.82) is 5.26 Å². The van der Waals surface area contributed by atoms with Gasteiger partial charge in [-0.05, 0) is 5.56 Å². The molecule has 0 aromatic heterocycles. The maximum Gasteiger partial charge on any atom is 0.106 e. The van der Waals surface area contributed by atoms with Gasteiger partial charge in [0.05, 0.1) is 6.07 Å². The number of rotatable bonds is 1. The summed E-state index contributed by atoms with van der Waals surface area (Å²) in [6.45, 7) is 2.08. The molecule has 0 aliphatic heterocycles. The normalized spacial score (nSPS) is 28.7. The van der Waals surface area contributed by atoms with Gasteiger partial charge in [-0.1, -0.05) is 61.6 Å². The van der Waals surface area contributed by atoms with Crippen LogP contribution in [0, 0.1) is 17.2 Å². The van der Waals surface area contributed by atoms with Crippen LogP contribution < -0.4 is 0 Å². The van der Waals surface area contributed by atoms with E-state index in [0.717, 1.165) is 5.56 Å². The average Bonchev–Trinajstić information content (AvgIpc) is 2.31. The molecule has 15 heavy (non-hydrogen) atoms. The Balaban J connectivity index is 2.53. The molecular formula is C14H13N. The number of hydrogen-bond donors (Lipinski definition) is 0. The third-order valence-corrected chi connectivity index (χ3v) is 3.02. The Labute approximate surface area is 90.4 Å². The van der Waals surface area contributed by atoms with Crippen molar-refractivity contribution < 1.29 is 0 Å². The molecule has 0 saturated heterocycles. The molecule has 0 radical (unpaired) electrons. The predicted molar refractivity (Wildman–Crippen MR) is 61.2 cm³/mol. The molecule has 0 fully saturated rings. The van der Waals surface area contributed by atoms with E-state index in [2.05, 4.69) is 19.1 Å². The smallest absolute Gasteiger partial charge is 0.106 e. The van der Waals surface area contributed by atoms with Crippen molar-refractivity contribution in [2.24, 2.45) is 5.92 Å². The van der Waals surface area contributed by atoms with Crippen molar-refractivity contribution in [2.75, 3.05) is 0 Å². The minimum Gasteiger partial charge on any atom is -0.197 e. The molecule has 1 aliphatic carbocycles. The highest BCUT2D eigenvalue weighted by atomic mass is 14.4. The van der Waals surface area contributed by atoms with Crippen molar-refractivity contribution in [1.82, 2.24) is 0 Å². The lowest BCUT2D eigenvalue weighted by molar-refractivity contribution is 0.523. The van der Waals surface area contributed by atoms with Gasteiger partial charge in [-0.3, -0.25) is 0 Å². The van der Waals surface area contributed by atoms with E-state index in [1.807, 2.05) is 48.6 Å². The van der Waals surface area contributed by atoms with Gasteiger partial charge in [0.25, 0.3) is 0 Å². The first-order chi connectivity index (χ1) is 7.29. The maximum atomic E-state index is 9.43. The molecule has 0 saturated carbocycles. The van der Waals surface area contributed by atoms with Gasteiger partial charge in [0, 0.05) is 5.92 Å².